The fourth-order valence-electron chi connectivity index (χ4n) is 2.50. The number of carbonyl (C=O) groups excluding carboxylic acids is 1. The topological polar surface area (TPSA) is 35.6 Å². The highest BCUT2D eigenvalue weighted by molar-refractivity contribution is 5.74. The quantitative estimate of drug-likeness (QED) is 0.920. The first-order valence-corrected chi connectivity index (χ1v) is 7.42. The molecule has 1 aliphatic rings. The van der Waals surface area contributed by atoms with Gasteiger partial charge in [0.25, 0.3) is 0 Å². The number of piperazine rings is 1. The Morgan fingerprint density at radius 3 is 2.70 bits per heavy atom. The van der Waals surface area contributed by atoms with E-state index < -0.39 is 0 Å². The van der Waals surface area contributed by atoms with Gasteiger partial charge in [0, 0.05) is 25.7 Å². The lowest BCUT2D eigenvalue weighted by Crippen LogP contribution is -2.53. The normalized spacial score (nSPS) is 21.6. The molecule has 0 spiro atoms. The van der Waals surface area contributed by atoms with Crippen molar-refractivity contribution in [3.63, 3.8) is 0 Å². The molecular formula is C16H25N3O. The zero-order valence-electron chi connectivity index (χ0n) is 12.7. The number of hydrogen-bond acceptors (Lipinski definition) is 2. The van der Waals surface area contributed by atoms with E-state index in [2.05, 4.69) is 48.5 Å². The molecule has 1 fully saturated rings. The molecular weight excluding hydrogens is 250 g/mol. The van der Waals surface area contributed by atoms with Crippen LogP contribution in [0.15, 0.2) is 30.3 Å². The minimum absolute atomic E-state index is 0.0633. The predicted octanol–water partition coefficient (Wildman–Crippen LogP) is 2.48. The fraction of sp³-hybridized carbons (Fsp3) is 0.562. The van der Waals surface area contributed by atoms with Gasteiger partial charge in [0.15, 0.2) is 0 Å². The van der Waals surface area contributed by atoms with Gasteiger partial charge in [-0.2, -0.15) is 0 Å². The second-order valence-electron chi connectivity index (χ2n) is 5.61. The lowest BCUT2D eigenvalue weighted by Gasteiger charge is -2.40. The molecule has 1 aromatic carbocycles. The van der Waals surface area contributed by atoms with Crippen molar-refractivity contribution in [3.05, 3.63) is 35.9 Å². The molecule has 1 N–H and O–H groups in total. The van der Waals surface area contributed by atoms with Crippen molar-refractivity contribution in [1.82, 2.24) is 15.1 Å². The second-order valence-corrected chi connectivity index (χ2v) is 5.61. The Morgan fingerprint density at radius 1 is 1.35 bits per heavy atom. The van der Waals surface area contributed by atoms with E-state index in [0.29, 0.717) is 0 Å². The van der Waals surface area contributed by atoms with E-state index in [9.17, 15) is 4.79 Å². The molecule has 1 saturated heterocycles. The van der Waals surface area contributed by atoms with Gasteiger partial charge in [-0.05, 0) is 26.0 Å². The largest absolute Gasteiger partial charge is 0.336 e. The standard InChI is InChI=1S/C16H25N3O/c1-4-13(2)17-16(20)19-11-10-18(3)15(12-19)14-8-6-5-7-9-14/h5-9,13,15H,4,10-12H2,1-3H3,(H,17,20). The summed E-state index contributed by atoms with van der Waals surface area (Å²) in [5.41, 5.74) is 1.27. The number of likely N-dealkylation sites (N-methyl/N-ethyl adjacent to an activating group) is 1. The highest BCUT2D eigenvalue weighted by Crippen LogP contribution is 2.23. The van der Waals surface area contributed by atoms with E-state index in [0.717, 1.165) is 26.1 Å². The van der Waals surface area contributed by atoms with E-state index >= 15 is 0 Å². The number of amides is 2. The number of nitrogens with one attached hydrogen (secondary N) is 1. The summed E-state index contributed by atoms with van der Waals surface area (Å²) in [7, 11) is 2.13. The highest BCUT2D eigenvalue weighted by Gasteiger charge is 2.28. The highest BCUT2D eigenvalue weighted by atomic mass is 16.2. The predicted molar refractivity (Wildman–Crippen MR) is 81.7 cm³/mol. The minimum Gasteiger partial charge on any atom is -0.336 e. The SMILES string of the molecule is CCC(C)NC(=O)N1CCN(C)C(c2ccccc2)C1. The molecule has 2 atom stereocenters. The van der Waals surface area contributed by atoms with E-state index in [1.165, 1.54) is 5.56 Å². The number of carbonyl (C=O) groups is 1. The van der Waals surface area contributed by atoms with Crippen molar-refractivity contribution < 1.29 is 4.79 Å². The van der Waals surface area contributed by atoms with Gasteiger partial charge >= 0.3 is 6.03 Å². The fourth-order valence-corrected chi connectivity index (χ4v) is 2.50. The molecule has 0 radical (unpaired) electrons. The van der Waals surface area contributed by atoms with Crippen LogP contribution in [0.2, 0.25) is 0 Å². The first kappa shape index (κ1) is 14.9. The Kier molecular flexibility index (Phi) is 5.01. The van der Waals surface area contributed by atoms with Gasteiger partial charge in [0.05, 0.1) is 6.04 Å². The van der Waals surface area contributed by atoms with Crippen LogP contribution in [0.3, 0.4) is 0 Å². The van der Waals surface area contributed by atoms with E-state index in [1.807, 2.05) is 17.9 Å². The summed E-state index contributed by atoms with van der Waals surface area (Å²) < 4.78 is 0. The molecule has 0 saturated carbocycles. The lowest BCUT2D eigenvalue weighted by molar-refractivity contribution is 0.108. The zero-order valence-corrected chi connectivity index (χ0v) is 12.7. The molecule has 1 aliphatic heterocycles. The van der Waals surface area contributed by atoms with Crippen molar-refractivity contribution >= 4 is 6.03 Å². The zero-order chi connectivity index (χ0) is 14.5. The van der Waals surface area contributed by atoms with Gasteiger partial charge in [0.2, 0.25) is 0 Å². The number of nitrogens with zero attached hydrogens (tertiary/aromatic N) is 2. The van der Waals surface area contributed by atoms with Crippen LogP contribution in [0.25, 0.3) is 0 Å². The van der Waals surface area contributed by atoms with Crippen LogP contribution in [-0.2, 0) is 0 Å². The summed E-state index contributed by atoms with van der Waals surface area (Å²) in [4.78, 5) is 16.5. The summed E-state index contributed by atoms with van der Waals surface area (Å²) in [6.07, 6.45) is 0.960. The third-order valence-corrected chi connectivity index (χ3v) is 4.10. The van der Waals surface area contributed by atoms with Crippen molar-refractivity contribution in [2.75, 3.05) is 26.7 Å². The molecule has 20 heavy (non-hydrogen) atoms. The molecule has 2 amide bonds. The van der Waals surface area contributed by atoms with Gasteiger partial charge in [-0.3, -0.25) is 4.90 Å². The van der Waals surface area contributed by atoms with Crippen molar-refractivity contribution in [2.45, 2.75) is 32.4 Å². The van der Waals surface area contributed by atoms with E-state index in [4.69, 9.17) is 0 Å². The van der Waals surface area contributed by atoms with Crippen molar-refractivity contribution in [2.24, 2.45) is 0 Å². The second kappa shape index (κ2) is 6.75. The Balaban J connectivity index is 2.03. The molecule has 110 valence electrons. The van der Waals surface area contributed by atoms with Crippen LogP contribution in [0.1, 0.15) is 31.9 Å². The average Bonchev–Trinajstić information content (AvgIpc) is 2.48. The Labute approximate surface area is 121 Å². The van der Waals surface area contributed by atoms with Crippen molar-refractivity contribution in [3.8, 4) is 0 Å². The lowest BCUT2D eigenvalue weighted by atomic mass is 10.0. The van der Waals surface area contributed by atoms with Crippen LogP contribution >= 0.6 is 0 Å². The maximum Gasteiger partial charge on any atom is 0.317 e. The molecule has 0 aromatic heterocycles. The van der Waals surface area contributed by atoms with Gasteiger partial charge in [0.1, 0.15) is 0 Å². The molecule has 0 aliphatic carbocycles. The van der Waals surface area contributed by atoms with Gasteiger partial charge in [-0.25, -0.2) is 4.79 Å². The Morgan fingerprint density at radius 2 is 2.05 bits per heavy atom. The van der Waals surface area contributed by atoms with Crippen LogP contribution < -0.4 is 5.32 Å². The molecule has 1 heterocycles. The molecule has 2 rings (SSSR count). The maximum absolute atomic E-state index is 12.2. The van der Waals surface area contributed by atoms with E-state index in [-0.39, 0.29) is 18.1 Å². The summed E-state index contributed by atoms with van der Waals surface area (Å²) >= 11 is 0. The van der Waals surface area contributed by atoms with Gasteiger partial charge in [-0.15, -0.1) is 0 Å². The van der Waals surface area contributed by atoms with Crippen LogP contribution in [-0.4, -0.2) is 48.6 Å². The summed E-state index contributed by atoms with van der Waals surface area (Å²) in [6.45, 7) is 6.59. The molecule has 2 unspecified atom stereocenters. The summed E-state index contributed by atoms with van der Waals surface area (Å²) in [6, 6.07) is 11.0. The first-order valence-electron chi connectivity index (χ1n) is 7.42. The molecule has 4 heteroatoms. The third-order valence-electron chi connectivity index (χ3n) is 4.10. The Bertz CT molecular complexity index is 435. The van der Waals surface area contributed by atoms with Crippen LogP contribution in [0, 0.1) is 0 Å². The van der Waals surface area contributed by atoms with Gasteiger partial charge < -0.3 is 10.2 Å². The molecule has 0 bridgehead atoms. The average molecular weight is 275 g/mol. The monoisotopic (exact) mass is 275 g/mol. The maximum atomic E-state index is 12.2. The smallest absolute Gasteiger partial charge is 0.317 e. The summed E-state index contributed by atoms with van der Waals surface area (Å²) in [5.74, 6) is 0. The minimum atomic E-state index is 0.0633. The molecule has 1 aromatic rings. The number of hydrogen-bond donors (Lipinski definition) is 1. The van der Waals surface area contributed by atoms with Crippen LogP contribution in [0.4, 0.5) is 4.79 Å². The number of benzene rings is 1. The van der Waals surface area contributed by atoms with E-state index in [1.54, 1.807) is 0 Å². The van der Waals surface area contributed by atoms with Crippen LogP contribution in [0.5, 0.6) is 0 Å². The Hall–Kier alpha value is -1.55. The third kappa shape index (κ3) is 3.51. The first-order chi connectivity index (χ1) is 9.61. The number of rotatable bonds is 3. The number of urea groups is 1. The van der Waals surface area contributed by atoms with Gasteiger partial charge in [-0.1, -0.05) is 37.3 Å². The summed E-state index contributed by atoms with van der Waals surface area (Å²) in [5, 5.41) is 3.05. The molecule has 4 nitrogen and oxygen atoms in total. The van der Waals surface area contributed by atoms with Crippen molar-refractivity contribution in [1.29, 1.82) is 0 Å².